The molecular formula is C29H37F3N2O5Si. The fourth-order valence-corrected chi connectivity index (χ4v) is 5.89. The molecule has 0 amide bonds. The Bertz CT molecular complexity index is 1290. The van der Waals surface area contributed by atoms with Gasteiger partial charge >= 0.3 is 12.1 Å². The molecule has 0 saturated carbocycles. The number of nitrogens with zero attached hydrogens (tertiary/aromatic N) is 2. The first-order chi connectivity index (χ1) is 18.6. The Morgan fingerprint density at radius 1 is 1.23 bits per heavy atom. The number of methoxy groups -OCH3 is 1. The average Bonchev–Trinajstić information content (AvgIpc) is 3.21. The first-order valence-corrected chi connectivity index (χ1v) is 16.8. The highest BCUT2D eigenvalue weighted by Crippen LogP contribution is 2.55. The van der Waals surface area contributed by atoms with Crippen LogP contribution in [0.15, 0.2) is 30.3 Å². The molecule has 1 N–H and O–H groups in total. The fraction of sp³-hybridized carbons (Fsp3) is 0.517. The van der Waals surface area contributed by atoms with E-state index in [0.29, 0.717) is 28.9 Å². The van der Waals surface area contributed by atoms with E-state index in [1.54, 1.807) is 31.2 Å². The van der Waals surface area contributed by atoms with Gasteiger partial charge in [-0.3, -0.25) is 4.90 Å². The van der Waals surface area contributed by atoms with Gasteiger partial charge in [-0.15, -0.1) is 0 Å². The van der Waals surface area contributed by atoms with Crippen molar-refractivity contribution in [1.29, 1.82) is 5.26 Å². The summed E-state index contributed by atoms with van der Waals surface area (Å²) in [5.41, 5.74) is -1.24. The third-order valence-corrected chi connectivity index (χ3v) is 8.81. The number of hydrogen-bond acceptors (Lipinski definition) is 6. The Balaban J connectivity index is 2.30. The number of carboxylic acid groups (broad SMARTS) is 1. The van der Waals surface area contributed by atoms with Gasteiger partial charge < -0.3 is 19.3 Å². The highest BCUT2D eigenvalue weighted by molar-refractivity contribution is 6.76. The lowest BCUT2D eigenvalue weighted by Crippen LogP contribution is -2.60. The molecule has 1 aliphatic heterocycles. The maximum Gasteiger partial charge on any atom is 0.436 e. The fourth-order valence-electron chi connectivity index (χ4n) is 5.14. The minimum absolute atomic E-state index is 0.0699. The number of aryl methyl sites for hydroxylation is 2. The summed E-state index contributed by atoms with van der Waals surface area (Å²) >= 11 is 0. The van der Waals surface area contributed by atoms with Crippen molar-refractivity contribution in [2.24, 2.45) is 0 Å². The van der Waals surface area contributed by atoms with Gasteiger partial charge in [0.15, 0.2) is 6.10 Å². The van der Waals surface area contributed by atoms with E-state index >= 15 is 13.2 Å². The number of halogens is 3. The van der Waals surface area contributed by atoms with E-state index in [-0.39, 0.29) is 30.0 Å². The maximum atomic E-state index is 15.7. The standard InChI is InChI=1S/C29H37F3N2O5Si/c1-18-12-19(2)26(25(13-18)37-4)28(29(30,31)32,39-20(3)27(35)36)34-16-22-9-8-21(15-33)14-23(22)24(34)17-38-10-11-40(5,6)7/h8-9,12-14,20,24H,10-11,16-17H2,1-7H3,(H,35,36). The molecule has 218 valence electrons. The number of benzene rings is 2. The lowest BCUT2D eigenvalue weighted by Gasteiger charge is -2.47. The van der Waals surface area contributed by atoms with Gasteiger partial charge in [-0.1, -0.05) is 31.8 Å². The molecule has 0 fully saturated rings. The number of rotatable bonds is 11. The van der Waals surface area contributed by atoms with Gasteiger partial charge in [-0.2, -0.15) is 18.4 Å². The molecule has 0 spiro atoms. The van der Waals surface area contributed by atoms with E-state index in [4.69, 9.17) is 14.2 Å². The summed E-state index contributed by atoms with van der Waals surface area (Å²) in [4.78, 5) is 13.1. The number of carbonyl (C=O) groups is 1. The van der Waals surface area contributed by atoms with Crippen molar-refractivity contribution >= 4 is 14.0 Å². The van der Waals surface area contributed by atoms with Crippen LogP contribution >= 0.6 is 0 Å². The second kappa shape index (κ2) is 11.9. The maximum absolute atomic E-state index is 15.7. The first-order valence-electron chi connectivity index (χ1n) is 13.1. The smallest absolute Gasteiger partial charge is 0.436 e. The zero-order valence-electron chi connectivity index (χ0n) is 24.0. The summed E-state index contributed by atoms with van der Waals surface area (Å²) in [5, 5.41) is 19.2. The zero-order chi connectivity index (χ0) is 30.0. The van der Waals surface area contributed by atoms with Gasteiger partial charge in [-0.25, -0.2) is 4.79 Å². The Labute approximate surface area is 234 Å². The van der Waals surface area contributed by atoms with E-state index in [1.165, 1.54) is 20.1 Å². The summed E-state index contributed by atoms with van der Waals surface area (Å²) in [6.45, 7) is 10.9. The minimum Gasteiger partial charge on any atom is -0.496 e. The van der Waals surface area contributed by atoms with Gasteiger partial charge in [0.1, 0.15) is 5.75 Å². The van der Waals surface area contributed by atoms with Gasteiger partial charge in [-0.05, 0) is 67.3 Å². The summed E-state index contributed by atoms with van der Waals surface area (Å²) in [5.74, 6) is -1.61. The van der Waals surface area contributed by atoms with Gasteiger partial charge in [0.05, 0.1) is 37.0 Å². The summed E-state index contributed by atoms with van der Waals surface area (Å²) in [7, 11) is -0.212. The van der Waals surface area contributed by atoms with Crippen molar-refractivity contribution < 1.29 is 37.3 Å². The van der Waals surface area contributed by atoms with Crippen LogP contribution in [-0.2, 0) is 26.5 Å². The Morgan fingerprint density at radius 2 is 1.90 bits per heavy atom. The molecular weight excluding hydrogens is 541 g/mol. The average molecular weight is 579 g/mol. The monoisotopic (exact) mass is 578 g/mol. The predicted molar refractivity (Wildman–Crippen MR) is 147 cm³/mol. The van der Waals surface area contributed by atoms with Crippen LogP contribution in [0.25, 0.3) is 0 Å². The molecule has 0 aromatic heterocycles. The molecule has 3 rings (SSSR count). The molecule has 2 aromatic rings. The van der Waals surface area contributed by atoms with Gasteiger partial charge in [0.2, 0.25) is 0 Å². The summed E-state index contributed by atoms with van der Waals surface area (Å²) < 4.78 is 64.3. The molecule has 0 radical (unpaired) electrons. The van der Waals surface area contributed by atoms with Crippen LogP contribution in [0.5, 0.6) is 5.75 Å². The normalized spacial score (nSPS) is 18.1. The molecule has 0 bridgehead atoms. The quantitative estimate of drug-likeness (QED) is 0.247. The topological polar surface area (TPSA) is 92.0 Å². The lowest BCUT2D eigenvalue weighted by molar-refractivity contribution is -0.359. The van der Waals surface area contributed by atoms with Gasteiger partial charge in [0.25, 0.3) is 5.72 Å². The third kappa shape index (κ3) is 6.36. The summed E-state index contributed by atoms with van der Waals surface area (Å²) in [6, 6.07) is 9.70. The molecule has 7 nitrogen and oxygen atoms in total. The Hall–Kier alpha value is -2.91. The van der Waals surface area contributed by atoms with Crippen molar-refractivity contribution in [2.45, 2.75) is 77.0 Å². The zero-order valence-corrected chi connectivity index (χ0v) is 25.0. The van der Waals surface area contributed by atoms with Crippen LogP contribution in [0.3, 0.4) is 0 Å². The van der Waals surface area contributed by atoms with Crippen molar-refractivity contribution in [3.63, 3.8) is 0 Å². The van der Waals surface area contributed by atoms with E-state index in [2.05, 4.69) is 25.7 Å². The molecule has 3 atom stereocenters. The number of fused-ring (bicyclic) bond motifs is 1. The molecule has 40 heavy (non-hydrogen) atoms. The van der Waals surface area contributed by atoms with Crippen molar-refractivity contribution in [3.05, 3.63) is 63.7 Å². The number of nitriles is 1. The number of ether oxygens (including phenoxy) is 3. The molecule has 0 saturated heterocycles. The van der Waals surface area contributed by atoms with Crippen LogP contribution in [0, 0.1) is 25.2 Å². The highest BCUT2D eigenvalue weighted by atomic mass is 28.3. The molecule has 2 aromatic carbocycles. The number of aliphatic carboxylic acids is 1. The second-order valence-electron chi connectivity index (χ2n) is 11.5. The number of hydrogen-bond donors (Lipinski definition) is 1. The highest BCUT2D eigenvalue weighted by Gasteiger charge is 2.66. The minimum atomic E-state index is -5.11. The van der Waals surface area contributed by atoms with Crippen molar-refractivity contribution in [1.82, 2.24) is 4.90 Å². The number of carboxylic acids is 1. The van der Waals surface area contributed by atoms with E-state index in [1.807, 2.05) is 0 Å². The second-order valence-corrected chi connectivity index (χ2v) is 17.1. The van der Waals surface area contributed by atoms with Crippen molar-refractivity contribution in [2.75, 3.05) is 20.3 Å². The SMILES string of the molecule is COc1cc(C)cc(C)c1C(OC(C)C(=O)O)(N1Cc2ccc(C#N)cc2C1COCC[Si](C)(C)C)C(F)(F)F. The molecule has 1 aliphatic rings. The van der Waals surface area contributed by atoms with E-state index in [0.717, 1.165) is 17.9 Å². The van der Waals surface area contributed by atoms with E-state index in [9.17, 15) is 15.2 Å². The summed E-state index contributed by atoms with van der Waals surface area (Å²) in [6.07, 6.45) is -6.93. The van der Waals surface area contributed by atoms with Crippen LogP contribution in [-0.4, -0.2) is 56.7 Å². The Morgan fingerprint density at radius 3 is 2.45 bits per heavy atom. The Kier molecular flexibility index (Phi) is 9.41. The van der Waals surface area contributed by atoms with Crippen molar-refractivity contribution in [3.8, 4) is 11.8 Å². The number of alkyl halides is 3. The molecule has 0 aliphatic carbocycles. The van der Waals surface area contributed by atoms with Crippen LogP contribution in [0.2, 0.25) is 25.7 Å². The van der Waals surface area contributed by atoms with Crippen LogP contribution in [0.4, 0.5) is 13.2 Å². The van der Waals surface area contributed by atoms with E-state index < -0.39 is 38.1 Å². The third-order valence-electron chi connectivity index (χ3n) is 7.11. The molecule has 1 heterocycles. The van der Waals surface area contributed by atoms with Crippen LogP contribution in [0.1, 0.15) is 46.3 Å². The van der Waals surface area contributed by atoms with Gasteiger partial charge in [0, 0.05) is 21.2 Å². The van der Waals surface area contributed by atoms with Crippen LogP contribution < -0.4 is 4.74 Å². The predicted octanol–water partition coefficient (Wildman–Crippen LogP) is 6.30. The molecule has 11 heteroatoms. The largest absolute Gasteiger partial charge is 0.496 e. The lowest BCUT2D eigenvalue weighted by atomic mass is 9.91. The first kappa shape index (κ1) is 31.6. The molecule has 3 unspecified atom stereocenters.